The molecule has 4 nitrogen and oxygen atoms in total. The fraction of sp³-hybridized carbons (Fsp3) is 0.0714. The maximum absolute atomic E-state index is 13.0. The van der Waals surface area contributed by atoms with Crippen LogP contribution in [0.25, 0.3) is 0 Å². The lowest BCUT2D eigenvalue weighted by atomic mass is 10.1. The Balaban J connectivity index is 1.98. The molecule has 5 heteroatoms. The second-order valence-corrected chi connectivity index (χ2v) is 4.00. The van der Waals surface area contributed by atoms with E-state index in [0.717, 1.165) is 5.56 Å². The normalized spacial score (nSPS) is 10.0. The van der Waals surface area contributed by atoms with Crippen molar-refractivity contribution in [2.24, 2.45) is 0 Å². The van der Waals surface area contributed by atoms with Crippen LogP contribution in [0.15, 0.2) is 48.5 Å². The van der Waals surface area contributed by atoms with Crippen molar-refractivity contribution in [1.29, 1.82) is 0 Å². The molecule has 2 aromatic carbocycles. The van der Waals surface area contributed by atoms with E-state index in [1.165, 1.54) is 12.1 Å². The van der Waals surface area contributed by atoms with Crippen LogP contribution in [0.4, 0.5) is 10.1 Å². The van der Waals surface area contributed by atoms with Crippen LogP contribution in [-0.4, -0.2) is 11.1 Å². The highest BCUT2D eigenvalue weighted by Crippen LogP contribution is 2.11. The quantitative estimate of drug-likeness (QED) is 0.585. The van der Waals surface area contributed by atoms with Crippen LogP contribution < -0.4 is 10.8 Å². The SMILES string of the molecule is O=C(NO)c1ccc(CNc2cccc(F)c2)cc1. The zero-order valence-electron chi connectivity index (χ0n) is 10.1. The van der Waals surface area contributed by atoms with Gasteiger partial charge in [-0.15, -0.1) is 0 Å². The molecule has 0 bridgehead atoms. The van der Waals surface area contributed by atoms with Crippen LogP contribution in [0.3, 0.4) is 0 Å². The number of carbonyl (C=O) groups is 1. The number of hydrogen-bond acceptors (Lipinski definition) is 3. The van der Waals surface area contributed by atoms with Gasteiger partial charge in [-0.05, 0) is 35.9 Å². The van der Waals surface area contributed by atoms with E-state index in [2.05, 4.69) is 5.32 Å². The number of halogens is 1. The van der Waals surface area contributed by atoms with Crippen molar-refractivity contribution in [2.45, 2.75) is 6.54 Å². The van der Waals surface area contributed by atoms with Gasteiger partial charge in [-0.1, -0.05) is 18.2 Å². The predicted molar refractivity (Wildman–Crippen MR) is 69.4 cm³/mol. The maximum atomic E-state index is 13.0. The minimum Gasteiger partial charge on any atom is -0.381 e. The number of carbonyl (C=O) groups excluding carboxylic acids is 1. The van der Waals surface area contributed by atoms with E-state index in [1.807, 2.05) is 0 Å². The van der Waals surface area contributed by atoms with Gasteiger partial charge in [0.15, 0.2) is 0 Å². The van der Waals surface area contributed by atoms with Gasteiger partial charge in [0.2, 0.25) is 0 Å². The average Bonchev–Trinajstić information content (AvgIpc) is 2.45. The Labute approximate surface area is 109 Å². The molecule has 0 atom stereocenters. The molecule has 0 radical (unpaired) electrons. The number of hydroxylamine groups is 1. The fourth-order valence-electron chi connectivity index (χ4n) is 1.64. The smallest absolute Gasteiger partial charge is 0.274 e. The maximum Gasteiger partial charge on any atom is 0.274 e. The van der Waals surface area contributed by atoms with Crippen molar-refractivity contribution in [3.8, 4) is 0 Å². The lowest BCUT2D eigenvalue weighted by molar-refractivity contribution is 0.0706. The number of rotatable bonds is 4. The monoisotopic (exact) mass is 260 g/mol. The van der Waals surface area contributed by atoms with E-state index in [4.69, 9.17) is 5.21 Å². The van der Waals surface area contributed by atoms with Gasteiger partial charge < -0.3 is 5.32 Å². The van der Waals surface area contributed by atoms with Gasteiger partial charge in [-0.3, -0.25) is 10.0 Å². The summed E-state index contributed by atoms with van der Waals surface area (Å²) in [7, 11) is 0. The van der Waals surface area contributed by atoms with Gasteiger partial charge in [-0.2, -0.15) is 0 Å². The first-order valence-corrected chi connectivity index (χ1v) is 5.72. The standard InChI is InChI=1S/C14H13FN2O2/c15-12-2-1-3-13(8-12)16-9-10-4-6-11(7-5-10)14(18)17-19/h1-8,16,19H,9H2,(H,17,18). The van der Waals surface area contributed by atoms with Crippen LogP contribution in [0.5, 0.6) is 0 Å². The lowest BCUT2D eigenvalue weighted by Crippen LogP contribution is -2.18. The molecule has 0 saturated carbocycles. The number of hydrogen-bond donors (Lipinski definition) is 3. The van der Waals surface area contributed by atoms with Gasteiger partial charge in [0.05, 0.1) is 0 Å². The summed E-state index contributed by atoms with van der Waals surface area (Å²) in [6.07, 6.45) is 0. The molecule has 0 aliphatic carbocycles. The number of benzene rings is 2. The zero-order chi connectivity index (χ0) is 13.7. The van der Waals surface area contributed by atoms with Crippen LogP contribution in [-0.2, 0) is 6.54 Å². The Morgan fingerprint density at radius 2 is 1.89 bits per heavy atom. The molecule has 0 unspecified atom stereocenters. The summed E-state index contributed by atoms with van der Waals surface area (Å²) in [6.45, 7) is 0.518. The molecule has 3 N–H and O–H groups in total. The molecule has 0 aliphatic heterocycles. The Bertz CT molecular complexity index is 570. The third kappa shape index (κ3) is 3.53. The van der Waals surface area contributed by atoms with Crippen molar-refractivity contribution >= 4 is 11.6 Å². The molecule has 19 heavy (non-hydrogen) atoms. The van der Waals surface area contributed by atoms with Crippen LogP contribution >= 0.6 is 0 Å². The summed E-state index contributed by atoms with van der Waals surface area (Å²) in [5.74, 6) is -0.843. The number of amides is 1. The largest absolute Gasteiger partial charge is 0.381 e. The minimum atomic E-state index is -0.551. The molecule has 98 valence electrons. The Kier molecular flexibility index (Phi) is 4.10. The lowest BCUT2D eigenvalue weighted by Gasteiger charge is -2.07. The molecule has 2 rings (SSSR count). The number of anilines is 1. The van der Waals surface area contributed by atoms with Crippen LogP contribution in [0.2, 0.25) is 0 Å². The van der Waals surface area contributed by atoms with E-state index >= 15 is 0 Å². The fourth-order valence-corrected chi connectivity index (χ4v) is 1.64. The van der Waals surface area contributed by atoms with Crippen molar-refractivity contribution < 1.29 is 14.4 Å². The third-order valence-electron chi connectivity index (χ3n) is 2.64. The van der Waals surface area contributed by atoms with Gasteiger partial charge in [0.25, 0.3) is 5.91 Å². The average molecular weight is 260 g/mol. The van der Waals surface area contributed by atoms with Gasteiger partial charge in [0, 0.05) is 17.8 Å². The molecule has 1 amide bonds. The van der Waals surface area contributed by atoms with Crippen molar-refractivity contribution in [3.63, 3.8) is 0 Å². The molecular weight excluding hydrogens is 247 g/mol. The first kappa shape index (κ1) is 13.0. The van der Waals surface area contributed by atoms with E-state index < -0.39 is 5.91 Å². The summed E-state index contributed by atoms with van der Waals surface area (Å²) in [4.78, 5) is 11.1. The highest BCUT2D eigenvalue weighted by molar-refractivity contribution is 5.93. The molecule has 0 fully saturated rings. The van der Waals surface area contributed by atoms with E-state index in [-0.39, 0.29) is 5.82 Å². The highest BCUT2D eigenvalue weighted by Gasteiger charge is 2.03. The van der Waals surface area contributed by atoms with Gasteiger partial charge >= 0.3 is 0 Å². The molecule has 0 saturated heterocycles. The van der Waals surface area contributed by atoms with Crippen molar-refractivity contribution in [2.75, 3.05) is 5.32 Å². The van der Waals surface area contributed by atoms with Crippen LogP contribution in [0.1, 0.15) is 15.9 Å². The minimum absolute atomic E-state index is 0.292. The van der Waals surface area contributed by atoms with E-state index in [9.17, 15) is 9.18 Å². The van der Waals surface area contributed by atoms with E-state index in [0.29, 0.717) is 17.8 Å². The summed E-state index contributed by atoms with van der Waals surface area (Å²) in [6, 6.07) is 12.9. The molecule has 0 heterocycles. The molecule has 0 aromatic heterocycles. The molecular formula is C14H13FN2O2. The highest BCUT2D eigenvalue weighted by atomic mass is 19.1. The van der Waals surface area contributed by atoms with Crippen molar-refractivity contribution in [3.05, 3.63) is 65.5 Å². The van der Waals surface area contributed by atoms with E-state index in [1.54, 1.807) is 41.9 Å². The van der Waals surface area contributed by atoms with Crippen molar-refractivity contribution in [1.82, 2.24) is 5.48 Å². The Hall–Kier alpha value is -2.40. The summed E-state index contributed by atoms with van der Waals surface area (Å²) < 4.78 is 13.0. The Morgan fingerprint density at radius 1 is 1.16 bits per heavy atom. The summed E-state index contributed by atoms with van der Waals surface area (Å²) in [5, 5.41) is 11.6. The molecule has 2 aromatic rings. The third-order valence-corrected chi connectivity index (χ3v) is 2.64. The first-order valence-electron chi connectivity index (χ1n) is 5.72. The van der Waals surface area contributed by atoms with Crippen LogP contribution in [0, 0.1) is 5.82 Å². The molecule has 0 spiro atoms. The first-order chi connectivity index (χ1) is 9.19. The predicted octanol–water partition coefficient (Wildman–Crippen LogP) is 2.56. The second kappa shape index (κ2) is 5.97. The molecule has 0 aliphatic rings. The summed E-state index contributed by atoms with van der Waals surface area (Å²) >= 11 is 0. The van der Waals surface area contributed by atoms with Gasteiger partial charge in [-0.25, -0.2) is 9.87 Å². The second-order valence-electron chi connectivity index (χ2n) is 4.00. The van der Waals surface area contributed by atoms with Gasteiger partial charge in [0.1, 0.15) is 5.82 Å². The topological polar surface area (TPSA) is 61.4 Å². The zero-order valence-corrected chi connectivity index (χ0v) is 10.1. The number of nitrogens with one attached hydrogen (secondary N) is 2. The summed E-state index contributed by atoms with van der Waals surface area (Å²) in [5.41, 5.74) is 3.58. The Morgan fingerprint density at radius 3 is 2.53 bits per heavy atom.